The van der Waals surface area contributed by atoms with Crippen LogP contribution in [0.15, 0.2) is 59.8 Å². The molecule has 1 amide bonds. The zero-order valence-corrected chi connectivity index (χ0v) is 18.5. The Morgan fingerprint density at radius 2 is 1.79 bits per heavy atom. The van der Waals surface area contributed by atoms with Crippen LogP contribution in [0.2, 0.25) is 0 Å². The number of alkyl halides is 3. The van der Waals surface area contributed by atoms with Gasteiger partial charge in [-0.15, -0.1) is 0 Å². The van der Waals surface area contributed by atoms with E-state index >= 15 is 0 Å². The van der Waals surface area contributed by atoms with Gasteiger partial charge >= 0.3 is 6.18 Å². The third kappa shape index (κ3) is 5.94. The largest absolute Gasteiger partial charge is 0.390 e. The lowest BCUT2D eigenvalue weighted by molar-refractivity contribution is -0.150. The molecule has 0 bridgehead atoms. The molecule has 2 N–H and O–H groups in total. The normalized spacial score (nSPS) is 16.1. The van der Waals surface area contributed by atoms with Crippen LogP contribution in [0.25, 0.3) is 11.0 Å². The number of carbonyl (C=O) groups excluding carboxylic acids is 1. The molecular weight excluding hydrogens is 453 g/mol. The Labute approximate surface area is 193 Å². The number of aromatic nitrogens is 2. The highest BCUT2D eigenvalue weighted by molar-refractivity contribution is 8.00. The number of para-hydroxylation sites is 1. The first-order valence-corrected chi connectivity index (χ1v) is 11.4. The van der Waals surface area contributed by atoms with E-state index in [9.17, 15) is 23.1 Å². The van der Waals surface area contributed by atoms with Crippen molar-refractivity contribution in [1.82, 2.24) is 14.9 Å². The van der Waals surface area contributed by atoms with Crippen LogP contribution in [-0.4, -0.2) is 50.7 Å². The van der Waals surface area contributed by atoms with Gasteiger partial charge in [-0.25, -0.2) is 0 Å². The second-order valence-corrected chi connectivity index (χ2v) is 8.94. The first-order chi connectivity index (χ1) is 15.7. The molecule has 1 aliphatic heterocycles. The predicted molar refractivity (Wildman–Crippen MR) is 121 cm³/mol. The van der Waals surface area contributed by atoms with Crippen molar-refractivity contribution in [3.05, 3.63) is 60.4 Å². The van der Waals surface area contributed by atoms with Crippen molar-refractivity contribution in [3.63, 3.8) is 0 Å². The number of carbonyl (C=O) groups is 1. The molecule has 10 heteroatoms. The number of nitrogens with zero attached hydrogens (tertiary/aromatic N) is 3. The number of amides is 1. The van der Waals surface area contributed by atoms with Gasteiger partial charge in [-0.2, -0.15) is 13.2 Å². The fraction of sp³-hybridized carbons (Fsp3) is 0.348. The highest BCUT2D eigenvalue weighted by Crippen LogP contribution is 2.33. The summed E-state index contributed by atoms with van der Waals surface area (Å²) in [5.74, 6) is -0.198. The van der Waals surface area contributed by atoms with Gasteiger partial charge in [-0.05, 0) is 67.6 Å². The summed E-state index contributed by atoms with van der Waals surface area (Å²) < 4.78 is 40.6. The van der Waals surface area contributed by atoms with Crippen molar-refractivity contribution in [3.8, 4) is 0 Å². The zero-order chi connectivity index (χ0) is 23.5. The molecule has 0 spiro atoms. The van der Waals surface area contributed by atoms with E-state index < -0.39 is 18.2 Å². The lowest BCUT2D eigenvalue weighted by Crippen LogP contribution is -2.47. The monoisotopic (exact) mass is 476 g/mol. The van der Waals surface area contributed by atoms with E-state index in [0.29, 0.717) is 5.56 Å². The van der Waals surface area contributed by atoms with E-state index in [-0.39, 0.29) is 38.3 Å². The maximum atomic E-state index is 12.8. The Morgan fingerprint density at radius 1 is 1.09 bits per heavy atom. The number of fused-ring (bicyclic) bond motifs is 1. The molecule has 6 nitrogen and oxygen atoms in total. The van der Waals surface area contributed by atoms with Crippen molar-refractivity contribution in [1.29, 1.82) is 0 Å². The standard InChI is InChI=1S/C23H23F3N4O2S/c24-23(25,26)9-8-22(32)10-14-30(15-11-22)21(31)16-4-6-17(7-5-16)29-33-19-3-1-2-18-20(19)28-13-12-27-18/h1-7,12-13,29,32H,8-11,14-15H2. The lowest BCUT2D eigenvalue weighted by atomic mass is 9.86. The summed E-state index contributed by atoms with van der Waals surface area (Å²) in [5, 5.41) is 10.4. The number of aliphatic hydroxyl groups is 1. The third-order valence-electron chi connectivity index (χ3n) is 5.73. The van der Waals surface area contributed by atoms with Crippen molar-refractivity contribution in [2.45, 2.75) is 42.4 Å². The van der Waals surface area contributed by atoms with Crippen LogP contribution in [0.3, 0.4) is 0 Å². The summed E-state index contributed by atoms with van der Waals surface area (Å²) in [6.07, 6.45) is -2.08. The van der Waals surface area contributed by atoms with E-state index in [1.165, 1.54) is 11.9 Å². The van der Waals surface area contributed by atoms with E-state index in [0.717, 1.165) is 21.6 Å². The molecule has 0 unspecified atom stereocenters. The van der Waals surface area contributed by atoms with Crippen LogP contribution in [-0.2, 0) is 0 Å². The number of hydrogen-bond donors (Lipinski definition) is 2. The summed E-state index contributed by atoms with van der Waals surface area (Å²) in [6, 6.07) is 12.7. The van der Waals surface area contributed by atoms with Gasteiger partial charge in [-0.1, -0.05) is 6.07 Å². The molecule has 1 aliphatic rings. The minimum atomic E-state index is -4.29. The predicted octanol–water partition coefficient (Wildman–Crippen LogP) is 5.06. The summed E-state index contributed by atoms with van der Waals surface area (Å²) in [5.41, 5.74) is 1.52. The van der Waals surface area contributed by atoms with Crippen LogP contribution in [0.1, 0.15) is 36.0 Å². The molecule has 0 saturated carbocycles. The van der Waals surface area contributed by atoms with Gasteiger partial charge in [0, 0.05) is 43.2 Å². The molecule has 4 rings (SSSR count). The SMILES string of the molecule is O=C(c1ccc(NSc2cccc3nccnc23)cc1)N1CCC(O)(CCC(F)(F)F)CC1. The van der Waals surface area contributed by atoms with Crippen LogP contribution in [0, 0.1) is 0 Å². The molecule has 3 aromatic rings. The molecule has 0 atom stereocenters. The van der Waals surface area contributed by atoms with E-state index in [4.69, 9.17) is 0 Å². The summed E-state index contributed by atoms with van der Waals surface area (Å²) in [7, 11) is 0. The van der Waals surface area contributed by atoms with Crippen molar-refractivity contribution < 1.29 is 23.1 Å². The molecule has 0 aliphatic carbocycles. The fourth-order valence-corrected chi connectivity index (χ4v) is 4.54. The van der Waals surface area contributed by atoms with Crippen LogP contribution < -0.4 is 4.72 Å². The number of likely N-dealkylation sites (tertiary alicyclic amines) is 1. The first kappa shape index (κ1) is 23.3. The minimum Gasteiger partial charge on any atom is -0.390 e. The summed E-state index contributed by atoms with van der Waals surface area (Å²) >= 11 is 1.40. The first-order valence-electron chi connectivity index (χ1n) is 10.5. The molecule has 0 radical (unpaired) electrons. The van der Waals surface area contributed by atoms with Crippen LogP contribution >= 0.6 is 11.9 Å². The van der Waals surface area contributed by atoms with Gasteiger partial charge < -0.3 is 14.7 Å². The van der Waals surface area contributed by atoms with Crippen molar-refractivity contribution in [2.75, 3.05) is 17.8 Å². The topological polar surface area (TPSA) is 78.4 Å². The van der Waals surface area contributed by atoms with Gasteiger partial charge in [0.1, 0.15) is 5.52 Å². The van der Waals surface area contributed by atoms with E-state index in [1.807, 2.05) is 18.2 Å². The Balaban J connectivity index is 1.32. The van der Waals surface area contributed by atoms with Crippen LogP contribution in [0.5, 0.6) is 0 Å². The number of nitrogens with one attached hydrogen (secondary N) is 1. The third-order valence-corrected chi connectivity index (χ3v) is 6.61. The maximum Gasteiger partial charge on any atom is 0.389 e. The van der Waals surface area contributed by atoms with E-state index in [1.54, 1.807) is 41.6 Å². The summed E-state index contributed by atoms with van der Waals surface area (Å²) in [4.78, 5) is 23.9. The van der Waals surface area contributed by atoms with Gasteiger partial charge in [0.2, 0.25) is 0 Å². The highest BCUT2D eigenvalue weighted by atomic mass is 32.2. The Bertz CT molecular complexity index is 1110. The van der Waals surface area contributed by atoms with Crippen molar-refractivity contribution >= 4 is 34.6 Å². The number of rotatable bonds is 6. The number of anilines is 1. The number of halogens is 3. The van der Waals surface area contributed by atoms with Crippen LogP contribution in [0.4, 0.5) is 18.9 Å². The summed E-state index contributed by atoms with van der Waals surface area (Å²) in [6.45, 7) is 0.455. The van der Waals surface area contributed by atoms with Gasteiger partial charge in [0.05, 0.1) is 16.0 Å². The molecule has 2 aromatic carbocycles. The molecule has 1 fully saturated rings. The second-order valence-electron chi connectivity index (χ2n) is 8.09. The van der Waals surface area contributed by atoms with Gasteiger partial charge in [0.25, 0.3) is 5.91 Å². The van der Waals surface area contributed by atoms with Gasteiger partial charge in [0.15, 0.2) is 0 Å². The fourth-order valence-electron chi connectivity index (χ4n) is 3.78. The molecule has 2 heterocycles. The lowest BCUT2D eigenvalue weighted by Gasteiger charge is -2.38. The quantitative estimate of drug-likeness (QED) is 0.485. The number of benzene rings is 2. The Morgan fingerprint density at radius 3 is 2.48 bits per heavy atom. The van der Waals surface area contributed by atoms with E-state index in [2.05, 4.69) is 14.7 Å². The molecule has 33 heavy (non-hydrogen) atoms. The molecule has 1 saturated heterocycles. The molecule has 1 aromatic heterocycles. The molecule has 174 valence electrons. The Hall–Kier alpha value is -2.85. The average molecular weight is 477 g/mol. The Kier molecular flexibility index (Phi) is 6.76. The number of hydrogen-bond acceptors (Lipinski definition) is 6. The number of piperidine rings is 1. The molecular formula is C23H23F3N4O2S. The highest BCUT2D eigenvalue weighted by Gasteiger charge is 2.38. The second kappa shape index (κ2) is 9.56. The maximum absolute atomic E-state index is 12.8. The smallest absolute Gasteiger partial charge is 0.389 e. The van der Waals surface area contributed by atoms with Crippen molar-refractivity contribution in [2.24, 2.45) is 0 Å². The van der Waals surface area contributed by atoms with Gasteiger partial charge in [-0.3, -0.25) is 14.8 Å². The average Bonchev–Trinajstić information content (AvgIpc) is 2.81. The minimum absolute atomic E-state index is 0.138. The zero-order valence-electron chi connectivity index (χ0n) is 17.7.